The Labute approximate surface area is 151 Å². The van der Waals surface area contributed by atoms with Crippen LogP contribution < -0.4 is 10.2 Å². The second-order valence-electron chi connectivity index (χ2n) is 5.48. The lowest BCUT2D eigenvalue weighted by Crippen LogP contribution is -2.37. The first-order chi connectivity index (χ1) is 12.1. The summed E-state index contributed by atoms with van der Waals surface area (Å²) in [4.78, 5) is 18.1. The molecule has 1 fully saturated rings. The molecule has 1 aromatic rings. The number of aliphatic imine (C=N–C) groups is 1. The van der Waals surface area contributed by atoms with Crippen LogP contribution in [-0.4, -0.2) is 37.1 Å². The summed E-state index contributed by atoms with van der Waals surface area (Å²) in [5.41, 5.74) is 0.859. The van der Waals surface area contributed by atoms with Crippen LogP contribution in [0.4, 0.5) is 15.8 Å². The number of carbonyl (C=O) groups excluding carboxylic acids is 1. The molecule has 0 unspecified atom stereocenters. The zero-order valence-electron chi connectivity index (χ0n) is 14.3. The molecule has 0 atom stereocenters. The fraction of sp³-hybridized carbons (Fsp3) is 0.471. The average molecular weight is 364 g/mol. The Morgan fingerprint density at radius 3 is 2.84 bits per heavy atom. The highest BCUT2D eigenvalue weighted by Crippen LogP contribution is 2.34. The number of para-hydroxylation sites is 1. The largest absolute Gasteiger partial charge is 0.466 e. The van der Waals surface area contributed by atoms with Crippen LogP contribution >= 0.6 is 11.8 Å². The topological polar surface area (TPSA) is 77.7 Å². The Kier molecular flexibility index (Phi) is 7.07. The molecule has 0 aromatic heterocycles. The second-order valence-corrected chi connectivity index (χ2v) is 6.27. The van der Waals surface area contributed by atoms with Crippen LogP contribution in [0.15, 0.2) is 23.2 Å². The highest BCUT2D eigenvalue weighted by molar-refractivity contribution is 8.13. The first-order valence-electron chi connectivity index (χ1n) is 8.08. The molecule has 25 heavy (non-hydrogen) atoms. The molecule has 0 bridgehead atoms. The van der Waals surface area contributed by atoms with Crippen molar-refractivity contribution >= 4 is 34.3 Å². The van der Waals surface area contributed by atoms with Gasteiger partial charge in [0.1, 0.15) is 5.69 Å². The number of anilines is 1. The molecule has 2 rings (SSSR count). The van der Waals surface area contributed by atoms with Crippen molar-refractivity contribution in [3.05, 3.63) is 24.0 Å². The van der Waals surface area contributed by atoms with Crippen LogP contribution in [0.5, 0.6) is 0 Å². The van der Waals surface area contributed by atoms with Crippen LogP contribution in [0.25, 0.3) is 0 Å². The van der Waals surface area contributed by atoms with E-state index in [-0.39, 0.29) is 17.6 Å². The summed E-state index contributed by atoms with van der Waals surface area (Å²) in [6.45, 7) is 3.42. The maximum atomic E-state index is 14.3. The average Bonchev–Trinajstić information content (AvgIpc) is 2.63. The second kappa shape index (κ2) is 9.28. The fourth-order valence-electron chi connectivity index (χ4n) is 2.76. The zero-order valence-corrected chi connectivity index (χ0v) is 15.1. The third kappa shape index (κ3) is 4.86. The van der Waals surface area contributed by atoms with Gasteiger partial charge in [0.2, 0.25) is 0 Å². The van der Waals surface area contributed by atoms with Crippen molar-refractivity contribution in [2.75, 3.05) is 30.9 Å². The molecular formula is C17H21FN4O2S. The van der Waals surface area contributed by atoms with Crippen molar-refractivity contribution in [2.24, 2.45) is 10.9 Å². The first kappa shape index (κ1) is 19.1. The van der Waals surface area contributed by atoms with Crippen LogP contribution in [0.3, 0.4) is 0 Å². The van der Waals surface area contributed by atoms with Gasteiger partial charge < -0.3 is 9.64 Å². The Hall–Kier alpha value is -2.27. The molecule has 1 N–H and O–H groups in total. The van der Waals surface area contributed by atoms with E-state index in [0.717, 1.165) is 0 Å². The van der Waals surface area contributed by atoms with Gasteiger partial charge in [0.25, 0.3) is 0 Å². The smallest absolute Gasteiger partial charge is 0.309 e. The maximum absolute atomic E-state index is 14.3. The number of hydrogen-bond donors (Lipinski definition) is 1. The Morgan fingerprint density at radius 2 is 2.24 bits per heavy atom. The van der Waals surface area contributed by atoms with E-state index in [1.807, 2.05) is 4.90 Å². The summed E-state index contributed by atoms with van der Waals surface area (Å²) < 4.78 is 19.4. The van der Waals surface area contributed by atoms with Gasteiger partial charge in [-0.1, -0.05) is 17.8 Å². The molecule has 1 aliphatic rings. The lowest BCUT2D eigenvalue weighted by atomic mass is 9.96. The zero-order chi connectivity index (χ0) is 18.2. The number of halogens is 1. The molecule has 1 aromatic carbocycles. The molecule has 0 radical (unpaired) electrons. The third-order valence-corrected chi connectivity index (χ3v) is 4.57. The minimum Gasteiger partial charge on any atom is -0.466 e. The number of piperidine rings is 1. The number of esters is 1. The minimum absolute atomic E-state index is 0.112. The summed E-state index contributed by atoms with van der Waals surface area (Å²) in [5, 5.41) is 11.5. The summed E-state index contributed by atoms with van der Waals surface area (Å²) in [6.07, 6.45) is 4.87. The molecule has 1 aliphatic heterocycles. The number of hydrogen-bond acceptors (Lipinski definition) is 6. The summed E-state index contributed by atoms with van der Waals surface area (Å²) in [6, 6.07) is 4.78. The van der Waals surface area contributed by atoms with Crippen LogP contribution in [0.2, 0.25) is 0 Å². The van der Waals surface area contributed by atoms with Crippen molar-refractivity contribution in [3.63, 3.8) is 0 Å². The van der Waals surface area contributed by atoms with Crippen LogP contribution in [-0.2, 0) is 9.53 Å². The van der Waals surface area contributed by atoms with Crippen molar-refractivity contribution in [1.82, 2.24) is 5.32 Å². The summed E-state index contributed by atoms with van der Waals surface area (Å²) >= 11 is 1.23. The molecule has 0 spiro atoms. The summed E-state index contributed by atoms with van der Waals surface area (Å²) in [5.74, 6) is -0.724. The quantitative estimate of drug-likeness (QED) is 0.291. The van der Waals surface area contributed by atoms with Crippen molar-refractivity contribution in [2.45, 2.75) is 19.8 Å². The molecule has 0 saturated carbocycles. The number of ether oxygens (including phenoxy) is 1. The minimum atomic E-state index is -0.448. The van der Waals surface area contributed by atoms with E-state index in [0.29, 0.717) is 43.4 Å². The van der Waals surface area contributed by atoms with Gasteiger partial charge in [-0.05, 0) is 38.2 Å². The molecule has 134 valence electrons. The number of amidine groups is 1. The molecule has 6 nitrogen and oxygen atoms in total. The van der Waals surface area contributed by atoms with E-state index >= 15 is 0 Å². The van der Waals surface area contributed by atoms with E-state index in [9.17, 15) is 9.18 Å². The van der Waals surface area contributed by atoms with Gasteiger partial charge in [0.05, 0.1) is 18.2 Å². The van der Waals surface area contributed by atoms with Gasteiger partial charge in [-0.2, -0.15) is 5.26 Å². The first-order valence-corrected chi connectivity index (χ1v) is 9.31. The SMILES string of the molecule is CCOC(=O)C1CCN(c2cccc(F)c2N=C(NC#N)SC)CC1. The number of nitrogens with zero attached hydrogens (tertiary/aromatic N) is 3. The third-order valence-electron chi connectivity index (χ3n) is 3.99. The predicted octanol–water partition coefficient (Wildman–Crippen LogP) is 3.03. The number of nitrogens with one attached hydrogen (secondary N) is 1. The van der Waals surface area contributed by atoms with Gasteiger partial charge in [-0.25, -0.2) is 9.38 Å². The number of thioether (sulfide) groups is 1. The van der Waals surface area contributed by atoms with Gasteiger partial charge in [0.15, 0.2) is 17.2 Å². The standard InChI is InChI=1S/C17H21FN4O2S/c1-3-24-16(23)12-7-9-22(10-8-12)14-6-4-5-13(18)15(14)21-17(25-2)20-11-19/h4-6,12H,3,7-10H2,1-2H3,(H,20,21). The van der Waals surface area contributed by atoms with Crippen molar-refractivity contribution in [1.29, 1.82) is 5.26 Å². The molecule has 0 amide bonds. The molecule has 1 saturated heterocycles. The van der Waals surface area contributed by atoms with E-state index in [2.05, 4.69) is 10.3 Å². The molecule has 0 aliphatic carbocycles. The van der Waals surface area contributed by atoms with Crippen molar-refractivity contribution < 1.29 is 13.9 Å². The molecular weight excluding hydrogens is 343 g/mol. The Morgan fingerprint density at radius 1 is 1.52 bits per heavy atom. The van der Waals surface area contributed by atoms with E-state index in [1.54, 1.807) is 31.5 Å². The monoisotopic (exact) mass is 364 g/mol. The van der Waals surface area contributed by atoms with E-state index < -0.39 is 5.82 Å². The van der Waals surface area contributed by atoms with Crippen LogP contribution in [0.1, 0.15) is 19.8 Å². The van der Waals surface area contributed by atoms with Crippen LogP contribution in [0, 0.1) is 23.2 Å². The number of carbonyl (C=O) groups is 1. The number of rotatable bonds is 4. The highest BCUT2D eigenvalue weighted by atomic mass is 32.2. The normalized spacial score (nSPS) is 15.6. The molecule has 8 heteroatoms. The maximum Gasteiger partial charge on any atom is 0.309 e. The predicted molar refractivity (Wildman–Crippen MR) is 97.3 cm³/mol. The Balaban J connectivity index is 2.20. The van der Waals surface area contributed by atoms with Gasteiger partial charge in [0, 0.05) is 13.1 Å². The van der Waals surface area contributed by atoms with E-state index in [4.69, 9.17) is 10.00 Å². The van der Waals surface area contributed by atoms with Gasteiger partial charge >= 0.3 is 5.97 Å². The van der Waals surface area contributed by atoms with Gasteiger partial charge in [-0.15, -0.1) is 0 Å². The number of nitriles is 1. The Bertz CT molecular complexity index is 682. The number of benzene rings is 1. The van der Waals surface area contributed by atoms with E-state index in [1.165, 1.54) is 17.8 Å². The molecule has 1 heterocycles. The lowest BCUT2D eigenvalue weighted by Gasteiger charge is -2.33. The lowest BCUT2D eigenvalue weighted by molar-refractivity contribution is -0.148. The summed E-state index contributed by atoms with van der Waals surface area (Å²) in [7, 11) is 0. The van der Waals surface area contributed by atoms with Crippen molar-refractivity contribution in [3.8, 4) is 6.19 Å². The van der Waals surface area contributed by atoms with Gasteiger partial charge in [-0.3, -0.25) is 10.1 Å². The highest BCUT2D eigenvalue weighted by Gasteiger charge is 2.27. The fourth-order valence-corrected chi connectivity index (χ4v) is 3.09.